The topological polar surface area (TPSA) is 114 Å². The number of benzene rings is 1. The molecule has 0 radical (unpaired) electrons. The molecule has 1 unspecified atom stereocenters. The van der Waals surface area contributed by atoms with Gasteiger partial charge in [-0.1, -0.05) is 82.2 Å². The van der Waals surface area contributed by atoms with Gasteiger partial charge in [0.15, 0.2) is 0 Å². The molecule has 0 heterocycles. The molecular formula is C33H60O10. The van der Waals surface area contributed by atoms with Crippen LogP contribution in [0.15, 0.2) is 30.3 Å². The quantitative estimate of drug-likeness (QED) is 0.110. The summed E-state index contributed by atoms with van der Waals surface area (Å²) >= 11 is 0. The monoisotopic (exact) mass is 616 g/mol. The van der Waals surface area contributed by atoms with E-state index in [1.54, 1.807) is 0 Å². The Kier molecular flexibility index (Phi) is 28.6. The van der Waals surface area contributed by atoms with Crippen LogP contribution in [0.4, 0.5) is 0 Å². The van der Waals surface area contributed by atoms with E-state index in [0.717, 1.165) is 18.4 Å². The molecule has 0 aliphatic carbocycles. The van der Waals surface area contributed by atoms with Crippen LogP contribution in [0.2, 0.25) is 0 Å². The molecule has 0 saturated heterocycles. The molecule has 0 spiro atoms. The molecule has 10 heteroatoms. The summed E-state index contributed by atoms with van der Waals surface area (Å²) in [4.78, 5) is 0. The Bertz CT molecular complexity index is 681. The van der Waals surface area contributed by atoms with Gasteiger partial charge in [-0.05, 0) is 12.0 Å². The van der Waals surface area contributed by atoms with Gasteiger partial charge >= 0.3 is 0 Å². The van der Waals surface area contributed by atoms with Gasteiger partial charge in [-0.25, -0.2) is 0 Å². The third-order valence-electron chi connectivity index (χ3n) is 6.69. The van der Waals surface area contributed by atoms with Crippen molar-refractivity contribution in [2.24, 2.45) is 0 Å². The van der Waals surface area contributed by atoms with Crippen molar-refractivity contribution in [2.45, 2.75) is 63.9 Å². The number of rotatable bonds is 34. The van der Waals surface area contributed by atoms with Gasteiger partial charge < -0.3 is 48.1 Å². The Morgan fingerprint density at radius 1 is 0.488 bits per heavy atom. The predicted molar refractivity (Wildman–Crippen MR) is 167 cm³/mol. The summed E-state index contributed by atoms with van der Waals surface area (Å²) in [5.74, 6) is 0. The van der Waals surface area contributed by atoms with Crippen molar-refractivity contribution in [3.05, 3.63) is 35.9 Å². The van der Waals surface area contributed by atoms with Crippen LogP contribution in [0, 0.1) is 0 Å². The van der Waals surface area contributed by atoms with E-state index in [2.05, 4.69) is 6.92 Å². The first-order valence-electron chi connectivity index (χ1n) is 16.2. The van der Waals surface area contributed by atoms with Crippen LogP contribution in [0.25, 0.3) is 0 Å². The van der Waals surface area contributed by atoms with Crippen molar-refractivity contribution in [1.29, 1.82) is 0 Å². The number of hydrogen-bond acceptors (Lipinski definition) is 10. The molecule has 2 N–H and O–H groups in total. The SMILES string of the molecule is CCCCCCCCCC(O)(COCCOCCOCCOCCOCCOCCOCCOCCO)c1ccccc1. The first kappa shape index (κ1) is 39.8. The predicted octanol–water partition coefficient (Wildman–Crippen LogP) is 4.14. The lowest BCUT2D eigenvalue weighted by atomic mass is 9.89. The fraction of sp³-hybridized carbons (Fsp3) is 0.818. The Balaban J connectivity index is 1.91. The molecule has 0 amide bonds. The number of ether oxygens (including phenoxy) is 8. The molecule has 252 valence electrons. The van der Waals surface area contributed by atoms with Crippen LogP contribution in [-0.2, 0) is 43.5 Å². The highest BCUT2D eigenvalue weighted by molar-refractivity contribution is 5.22. The molecule has 10 nitrogen and oxygen atoms in total. The molecule has 1 aromatic carbocycles. The van der Waals surface area contributed by atoms with Gasteiger partial charge in [0.2, 0.25) is 0 Å². The normalized spacial score (nSPS) is 13.0. The van der Waals surface area contributed by atoms with Crippen molar-refractivity contribution in [1.82, 2.24) is 0 Å². The van der Waals surface area contributed by atoms with Crippen LogP contribution in [0.5, 0.6) is 0 Å². The second-order valence-corrected chi connectivity index (χ2v) is 10.3. The van der Waals surface area contributed by atoms with Crippen LogP contribution in [0.3, 0.4) is 0 Å². The van der Waals surface area contributed by atoms with Crippen molar-refractivity contribution >= 4 is 0 Å². The van der Waals surface area contributed by atoms with Crippen LogP contribution >= 0.6 is 0 Å². The van der Waals surface area contributed by atoms with Gasteiger partial charge in [0.1, 0.15) is 5.60 Å². The largest absolute Gasteiger partial charge is 0.394 e. The van der Waals surface area contributed by atoms with E-state index in [4.69, 9.17) is 43.0 Å². The lowest BCUT2D eigenvalue weighted by Crippen LogP contribution is -2.32. The zero-order valence-electron chi connectivity index (χ0n) is 26.7. The number of aliphatic hydroxyl groups excluding tert-OH is 1. The number of unbranched alkanes of at least 4 members (excludes halogenated alkanes) is 6. The summed E-state index contributed by atoms with van der Waals surface area (Å²) in [5.41, 5.74) is -0.0614. The van der Waals surface area contributed by atoms with Crippen molar-refractivity contribution in [2.75, 3.05) is 112 Å². The van der Waals surface area contributed by atoms with Gasteiger partial charge in [-0.2, -0.15) is 0 Å². The zero-order chi connectivity index (χ0) is 30.9. The Hall–Kier alpha value is -1.18. The highest BCUT2D eigenvalue weighted by atomic mass is 16.6. The minimum atomic E-state index is -0.972. The fourth-order valence-corrected chi connectivity index (χ4v) is 4.27. The summed E-state index contributed by atoms with van der Waals surface area (Å²) in [6, 6.07) is 9.85. The van der Waals surface area contributed by atoms with Crippen molar-refractivity contribution in [3.8, 4) is 0 Å². The van der Waals surface area contributed by atoms with Gasteiger partial charge in [0.05, 0.1) is 112 Å². The second kappa shape index (κ2) is 30.8. The highest BCUT2D eigenvalue weighted by Crippen LogP contribution is 2.28. The maximum atomic E-state index is 11.4. The van der Waals surface area contributed by atoms with E-state index < -0.39 is 5.60 Å². The lowest BCUT2D eigenvalue weighted by Gasteiger charge is -2.29. The van der Waals surface area contributed by atoms with Gasteiger partial charge in [-0.3, -0.25) is 0 Å². The maximum absolute atomic E-state index is 11.4. The Labute approximate surface area is 260 Å². The maximum Gasteiger partial charge on any atom is 0.113 e. The summed E-state index contributed by atoms with van der Waals surface area (Å²) in [5, 5.41) is 20.0. The smallest absolute Gasteiger partial charge is 0.113 e. The number of hydrogen-bond donors (Lipinski definition) is 2. The average Bonchev–Trinajstić information content (AvgIpc) is 3.03. The van der Waals surface area contributed by atoms with E-state index in [9.17, 15) is 5.11 Å². The molecule has 0 aromatic heterocycles. The summed E-state index contributed by atoms with van der Waals surface area (Å²) in [6.07, 6.45) is 9.19. The third-order valence-corrected chi connectivity index (χ3v) is 6.69. The van der Waals surface area contributed by atoms with E-state index in [1.807, 2.05) is 30.3 Å². The lowest BCUT2D eigenvalue weighted by molar-refractivity contribution is -0.0716. The first-order valence-corrected chi connectivity index (χ1v) is 16.2. The summed E-state index contributed by atoms with van der Waals surface area (Å²) in [6.45, 7) is 9.69. The molecule has 1 aromatic rings. The Morgan fingerprint density at radius 3 is 1.28 bits per heavy atom. The molecule has 43 heavy (non-hydrogen) atoms. The molecule has 0 bridgehead atoms. The molecule has 1 atom stereocenters. The molecule has 0 aliphatic rings. The summed E-state index contributed by atoms with van der Waals surface area (Å²) in [7, 11) is 0. The van der Waals surface area contributed by atoms with E-state index in [0.29, 0.717) is 106 Å². The van der Waals surface area contributed by atoms with E-state index in [1.165, 1.54) is 32.1 Å². The summed E-state index contributed by atoms with van der Waals surface area (Å²) < 4.78 is 43.8. The van der Waals surface area contributed by atoms with Gasteiger partial charge in [0, 0.05) is 0 Å². The molecule has 0 saturated carbocycles. The fourth-order valence-electron chi connectivity index (χ4n) is 4.27. The van der Waals surface area contributed by atoms with Gasteiger partial charge in [0.25, 0.3) is 0 Å². The minimum absolute atomic E-state index is 0.0261. The highest BCUT2D eigenvalue weighted by Gasteiger charge is 2.29. The van der Waals surface area contributed by atoms with Crippen molar-refractivity contribution in [3.63, 3.8) is 0 Å². The van der Waals surface area contributed by atoms with Crippen LogP contribution in [-0.4, -0.2) is 123 Å². The van der Waals surface area contributed by atoms with Crippen LogP contribution < -0.4 is 0 Å². The average molecular weight is 617 g/mol. The van der Waals surface area contributed by atoms with Gasteiger partial charge in [-0.15, -0.1) is 0 Å². The molecule has 0 fully saturated rings. The minimum Gasteiger partial charge on any atom is -0.394 e. The molecule has 1 rings (SSSR count). The Morgan fingerprint density at radius 2 is 0.860 bits per heavy atom. The van der Waals surface area contributed by atoms with Crippen molar-refractivity contribution < 1.29 is 48.1 Å². The zero-order valence-corrected chi connectivity index (χ0v) is 26.7. The second-order valence-electron chi connectivity index (χ2n) is 10.3. The van der Waals surface area contributed by atoms with E-state index >= 15 is 0 Å². The number of aliphatic hydroxyl groups is 2. The standard InChI is InChI=1S/C33H60O10/c1-2-3-4-5-6-7-11-14-33(35,32-12-9-8-10-13-32)31-43-30-29-42-28-27-41-26-25-40-24-23-39-22-21-38-20-19-37-18-17-36-16-15-34/h8-10,12-13,34-35H,2-7,11,14-31H2,1H3. The third kappa shape index (κ3) is 24.8. The molecular weight excluding hydrogens is 556 g/mol. The van der Waals surface area contributed by atoms with E-state index in [-0.39, 0.29) is 13.2 Å². The molecule has 0 aliphatic heterocycles. The van der Waals surface area contributed by atoms with Crippen LogP contribution in [0.1, 0.15) is 63.9 Å². The first-order chi connectivity index (χ1) is 21.2.